The highest BCUT2D eigenvalue weighted by molar-refractivity contribution is 7.80. The van der Waals surface area contributed by atoms with Gasteiger partial charge in [-0.15, -0.1) is 0 Å². The van der Waals surface area contributed by atoms with Crippen LogP contribution < -0.4 is 0 Å². The van der Waals surface area contributed by atoms with E-state index in [4.69, 9.17) is 12.2 Å². The van der Waals surface area contributed by atoms with Gasteiger partial charge in [-0.25, -0.2) is 0 Å². The van der Waals surface area contributed by atoms with E-state index < -0.39 is 0 Å². The Bertz CT molecular complexity index is 707. The molecule has 0 aliphatic carbocycles. The second-order valence-electron chi connectivity index (χ2n) is 3.45. The summed E-state index contributed by atoms with van der Waals surface area (Å²) in [5, 5.41) is 10.4. The van der Waals surface area contributed by atoms with E-state index in [1.807, 2.05) is 18.2 Å². The normalized spacial score (nSPS) is 11.0. The fourth-order valence-electron chi connectivity index (χ4n) is 1.64. The monoisotopic (exact) mass is 265 g/mol. The van der Waals surface area contributed by atoms with Crippen LogP contribution in [0, 0.1) is 3.82 Å². The van der Waals surface area contributed by atoms with Crippen molar-refractivity contribution in [1.29, 1.82) is 0 Å². The second-order valence-corrected chi connectivity index (χ2v) is 6.36. The number of nitrogens with one attached hydrogen (secondary N) is 1. The number of aromatic hydroxyl groups is 1. The van der Waals surface area contributed by atoms with E-state index in [2.05, 4.69) is 11.1 Å². The Morgan fingerprint density at radius 3 is 2.75 bits per heavy atom. The van der Waals surface area contributed by atoms with E-state index >= 15 is 0 Å². The molecule has 2 nitrogen and oxygen atoms in total. The summed E-state index contributed by atoms with van der Waals surface area (Å²) >= 11 is 5.12. The molecule has 0 unspecified atom stereocenters. The highest BCUT2D eigenvalue weighted by Gasteiger charge is 2.04. The van der Waals surface area contributed by atoms with E-state index in [-0.39, 0.29) is 5.88 Å². The van der Waals surface area contributed by atoms with Gasteiger partial charge in [0.1, 0.15) is 3.82 Å². The second kappa shape index (κ2) is 3.69. The van der Waals surface area contributed by atoms with E-state index in [0.29, 0.717) is 0 Å². The SMILES string of the molecule is Oc1cc2cc(-c3cc(=S)ss3)ccc2[nH]1. The van der Waals surface area contributed by atoms with E-state index in [1.165, 1.54) is 4.88 Å². The largest absolute Gasteiger partial charge is 0.495 e. The zero-order valence-electron chi connectivity index (χ0n) is 8.06. The smallest absolute Gasteiger partial charge is 0.189 e. The summed E-state index contributed by atoms with van der Waals surface area (Å²) in [4.78, 5) is 4.06. The van der Waals surface area contributed by atoms with Gasteiger partial charge in [-0.1, -0.05) is 39.0 Å². The Kier molecular flexibility index (Phi) is 2.31. The molecule has 3 aromatic rings. The summed E-state index contributed by atoms with van der Waals surface area (Å²) in [6.07, 6.45) is 0. The van der Waals surface area contributed by atoms with Crippen LogP contribution in [0.4, 0.5) is 0 Å². The van der Waals surface area contributed by atoms with Crippen LogP contribution in [0.3, 0.4) is 0 Å². The molecule has 2 N–H and O–H groups in total. The standard InChI is InChI=1S/C11H7NOS3/c13-10-4-7-3-6(1-2-8(7)12-10)9-5-11(14)16-15-9/h1-5,12-13H. The Morgan fingerprint density at radius 2 is 2.00 bits per heavy atom. The van der Waals surface area contributed by atoms with Crippen molar-refractivity contribution in [3.63, 3.8) is 0 Å². The van der Waals surface area contributed by atoms with Crippen molar-refractivity contribution in [1.82, 2.24) is 4.98 Å². The van der Waals surface area contributed by atoms with Crippen molar-refractivity contribution >= 4 is 43.8 Å². The van der Waals surface area contributed by atoms with E-state index in [0.717, 1.165) is 20.3 Å². The molecule has 3 rings (SSSR count). The van der Waals surface area contributed by atoms with Gasteiger partial charge in [-0.05, 0) is 23.8 Å². The van der Waals surface area contributed by atoms with Crippen molar-refractivity contribution in [2.45, 2.75) is 0 Å². The van der Waals surface area contributed by atoms with Gasteiger partial charge in [0.05, 0.1) is 0 Å². The fourth-order valence-corrected chi connectivity index (χ4v) is 4.04. The van der Waals surface area contributed by atoms with Crippen molar-refractivity contribution < 1.29 is 5.11 Å². The number of aromatic nitrogens is 1. The summed E-state index contributed by atoms with van der Waals surface area (Å²) in [5.41, 5.74) is 2.09. The molecule has 0 amide bonds. The lowest BCUT2D eigenvalue weighted by atomic mass is 10.1. The maximum atomic E-state index is 9.35. The first-order chi connectivity index (χ1) is 7.72. The van der Waals surface area contributed by atoms with E-state index in [9.17, 15) is 5.11 Å². The molecule has 0 fully saturated rings. The number of hydrogen-bond acceptors (Lipinski definition) is 4. The molecular weight excluding hydrogens is 258 g/mol. The topological polar surface area (TPSA) is 36.0 Å². The molecular formula is C11H7NOS3. The van der Waals surface area contributed by atoms with Gasteiger partial charge < -0.3 is 10.1 Å². The molecule has 0 saturated heterocycles. The predicted molar refractivity (Wildman–Crippen MR) is 72.0 cm³/mol. The third-order valence-electron chi connectivity index (χ3n) is 2.35. The van der Waals surface area contributed by atoms with Crippen LogP contribution in [0.5, 0.6) is 5.88 Å². The van der Waals surface area contributed by atoms with Crippen molar-refractivity contribution in [2.24, 2.45) is 0 Å². The fraction of sp³-hybridized carbons (Fsp3) is 0. The maximum Gasteiger partial charge on any atom is 0.189 e. The Morgan fingerprint density at radius 1 is 1.12 bits per heavy atom. The van der Waals surface area contributed by atoms with Gasteiger partial charge in [0.15, 0.2) is 5.88 Å². The molecule has 1 aromatic carbocycles. The van der Waals surface area contributed by atoms with Crippen molar-refractivity contribution in [3.05, 3.63) is 34.2 Å². The highest BCUT2D eigenvalue weighted by Crippen LogP contribution is 2.32. The Balaban J connectivity index is 2.21. The summed E-state index contributed by atoms with van der Waals surface area (Å²) < 4.78 is 0.914. The molecule has 0 atom stereocenters. The highest BCUT2D eigenvalue weighted by atomic mass is 32.9. The predicted octanol–water partition coefficient (Wildman–Crippen LogP) is 4.39. The number of H-pyrrole nitrogens is 1. The third kappa shape index (κ3) is 1.67. The van der Waals surface area contributed by atoms with Gasteiger partial charge in [0, 0.05) is 21.8 Å². The molecule has 0 aliphatic rings. The zero-order chi connectivity index (χ0) is 11.1. The van der Waals surface area contributed by atoms with Gasteiger partial charge in [-0.3, -0.25) is 0 Å². The molecule has 0 spiro atoms. The third-order valence-corrected chi connectivity index (χ3v) is 5.26. The number of benzene rings is 1. The van der Waals surface area contributed by atoms with Gasteiger partial charge in [0.2, 0.25) is 0 Å². The summed E-state index contributed by atoms with van der Waals surface area (Å²) in [6.45, 7) is 0. The van der Waals surface area contributed by atoms with Crippen LogP contribution in [-0.4, -0.2) is 10.1 Å². The molecule has 5 heteroatoms. The van der Waals surface area contributed by atoms with E-state index in [1.54, 1.807) is 26.7 Å². The number of fused-ring (bicyclic) bond motifs is 1. The molecule has 0 bridgehead atoms. The van der Waals surface area contributed by atoms with Crippen molar-refractivity contribution in [3.8, 4) is 16.3 Å². The van der Waals surface area contributed by atoms with Crippen LogP contribution in [0.25, 0.3) is 21.3 Å². The molecule has 16 heavy (non-hydrogen) atoms. The first kappa shape index (κ1) is 10.0. The first-order valence-corrected chi connectivity index (χ1v) is 7.20. The van der Waals surface area contributed by atoms with Crippen molar-refractivity contribution in [2.75, 3.05) is 0 Å². The molecule has 0 saturated carbocycles. The minimum absolute atomic E-state index is 0.199. The quantitative estimate of drug-likeness (QED) is 0.505. The molecule has 0 aliphatic heterocycles. The molecule has 80 valence electrons. The average Bonchev–Trinajstić information content (AvgIpc) is 2.81. The van der Waals surface area contributed by atoms with Gasteiger partial charge >= 0.3 is 0 Å². The van der Waals surface area contributed by atoms with Gasteiger partial charge in [-0.2, -0.15) is 0 Å². The van der Waals surface area contributed by atoms with Crippen LogP contribution in [0.1, 0.15) is 0 Å². The van der Waals surface area contributed by atoms with Gasteiger partial charge in [0.25, 0.3) is 0 Å². The summed E-state index contributed by atoms with van der Waals surface area (Å²) in [7, 11) is 3.29. The van der Waals surface area contributed by atoms with Crippen LogP contribution >= 0.6 is 32.9 Å². The maximum absolute atomic E-state index is 9.35. The number of rotatable bonds is 1. The molecule has 0 radical (unpaired) electrons. The molecule has 2 heterocycles. The summed E-state index contributed by atoms with van der Waals surface area (Å²) in [5.74, 6) is 0.199. The van der Waals surface area contributed by atoms with Crippen LogP contribution in [0.2, 0.25) is 0 Å². The van der Waals surface area contributed by atoms with Crippen LogP contribution in [-0.2, 0) is 0 Å². The minimum Gasteiger partial charge on any atom is -0.495 e. The van der Waals surface area contributed by atoms with Crippen LogP contribution in [0.15, 0.2) is 30.3 Å². The minimum atomic E-state index is 0.199. The summed E-state index contributed by atoms with van der Waals surface area (Å²) in [6, 6.07) is 9.80. The lowest BCUT2D eigenvalue weighted by Crippen LogP contribution is -1.72. The number of aromatic amines is 1. The lowest BCUT2D eigenvalue weighted by Gasteiger charge is -1.96. The first-order valence-electron chi connectivity index (χ1n) is 4.65. The average molecular weight is 265 g/mol. The zero-order valence-corrected chi connectivity index (χ0v) is 10.5. The number of hydrogen-bond donors (Lipinski definition) is 2. The lowest BCUT2D eigenvalue weighted by molar-refractivity contribution is 0.458. The Labute approximate surface area is 104 Å². The molecule has 2 aromatic heterocycles. The Hall–Kier alpha value is -1.17.